The normalized spacial score (nSPS) is 25.1. The van der Waals surface area contributed by atoms with Gasteiger partial charge >= 0.3 is 16.8 Å². The topological polar surface area (TPSA) is 96.5 Å². The number of aliphatic carboxylic acids is 1. The molecule has 3 heterocycles. The summed E-state index contributed by atoms with van der Waals surface area (Å²) in [6, 6.07) is 5.44. The second-order valence-electron chi connectivity index (χ2n) is 5.55. The number of carboxylic acid groups (broad SMARTS) is 1. The molecule has 23 heavy (non-hydrogen) atoms. The van der Waals surface area contributed by atoms with Gasteiger partial charge in [0.1, 0.15) is 11.0 Å². The zero-order chi connectivity index (χ0) is 16.3. The van der Waals surface area contributed by atoms with E-state index in [1.807, 2.05) is 19.1 Å². The van der Waals surface area contributed by atoms with Gasteiger partial charge in [-0.05, 0) is 13.0 Å². The Hall–Kier alpha value is -2.06. The number of thioether (sulfide) groups is 1. The van der Waals surface area contributed by atoms with Crippen LogP contribution in [-0.2, 0) is 9.59 Å². The largest absolute Gasteiger partial charge is 0.480 e. The number of ether oxygens (including phenoxy) is 1. The van der Waals surface area contributed by atoms with E-state index in [1.54, 1.807) is 6.07 Å². The number of aromatic nitrogens is 1. The van der Waals surface area contributed by atoms with E-state index < -0.39 is 29.0 Å². The molecule has 2 aromatic rings. The van der Waals surface area contributed by atoms with Crippen molar-refractivity contribution < 1.29 is 19.4 Å². The van der Waals surface area contributed by atoms with Crippen molar-refractivity contribution in [2.75, 3.05) is 0 Å². The van der Waals surface area contributed by atoms with E-state index in [-0.39, 0.29) is 4.87 Å². The van der Waals surface area contributed by atoms with Gasteiger partial charge in [-0.2, -0.15) is 0 Å². The number of fused-ring (bicyclic) bond motifs is 5. The third kappa shape index (κ3) is 2.13. The van der Waals surface area contributed by atoms with E-state index >= 15 is 0 Å². The van der Waals surface area contributed by atoms with Crippen molar-refractivity contribution >= 4 is 35.0 Å². The minimum Gasteiger partial charge on any atom is -0.480 e. The van der Waals surface area contributed by atoms with Crippen molar-refractivity contribution in [3.63, 3.8) is 0 Å². The van der Waals surface area contributed by atoms with E-state index in [0.29, 0.717) is 15.7 Å². The number of aromatic amines is 1. The number of benzene rings is 1. The maximum atomic E-state index is 12.4. The molecule has 1 aromatic heterocycles. The summed E-state index contributed by atoms with van der Waals surface area (Å²) >= 11 is 2.04. The summed E-state index contributed by atoms with van der Waals surface area (Å²) in [5.41, 5.74) is 1.74. The molecular formula is C15H11NO5S2. The molecule has 0 spiro atoms. The van der Waals surface area contributed by atoms with Crippen molar-refractivity contribution in [3.8, 4) is 5.75 Å². The van der Waals surface area contributed by atoms with Crippen LogP contribution in [0.25, 0.3) is 0 Å². The first-order chi connectivity index (χ1) is 11.0. The van der Waals surface area contributed by atoms with Gasteiger partial charge in [-0.25, -0.2) is 0 Å². The fraction of sp³-hybridized carbons (Fsp3) is 0.267. The van der Waals surface area contributed by atoms with Crippen molar-refractivity contribution in [2.24, 2.45) is 5.92 Å². The van der Waals surface area contributed by atoms with Crippen LogP contribution in [0.2, 0.25) is 0 Å². The third-order valence-electron chi connectivity index (χ3n) is 4.08. The Kier molecular flexibility index (Phi) is 3.14. The number of hydrogen-bond acceptors (Lipinski definition) is 6. The van der Waals surface area contributed by atoms with Crippen LogP contribution in [0.3, 0.4) is 0 Å². The van der Waals surface area contributed by atoms with Gasteiger partial charge in [-0.1, -0.05) is 40.8 Å². The van der Waals surface area contributed by atoms with E-state index in [9.17, 15) is 19.5 Å². The van der Waals surface area contributed by atoms with E-state index in [0.717, 1.165) is 34.2 Å². The molecule has 118 valence electrons. The molecule has 4 rings (SSSR count). The molecule has 0 saturated heterocycles. The van der Waals surface area contributed by atoms with Gasteiger partial charge in [-0.3, -0.25) is 14.4 Å². The van der Waals surface area contributed by atoms with Gasteiger partial charge in [0.2, 0.25) is 0 Å². The number of aryl methyl sites for hydroxylation is 1. The first kappa shape index (κ1) is 14.5. The molecule has 2 N–H and O–H groups in total. The van der Waals surface area contributed by atoms with Gasteiger partial charge in [0.05, 0.1) is 10.9 Å². The number of thiazole rings is 1. The number of rotatable bonds is 1. The molecule has 1 aromatic carbocycles. The van der Waals surface area contributed by atoms with Crippen molar-refractivity contribution in [2.45, 2.75) is 23.1 Å². The Labute approximate surface area is 138 Å². The second kappa shape index (κ2) is 4.97. The monoisotopic (exact) mass is 349 g/mol. The third-order valence-corrected chi connectivity index (χ3v) is 6.48. The number of H-pyrrole nitrogens is 1. The molecule has 6 nitrogen and oxygen atoms in total. The molecule has 0 amide bonds. The molecule has 2 aliphatic heterocycles. The average Bonchev–Trinajstić information content (AvgIpc) is 2.86. The van der Waals surface area contributed by atoms with Crippen molar-refractivity contribution in [1.82, 2.24) is 4.98 Å². The molecule has 0 aliphatic carbocycles. The Morgan fingerprint density at radius 2 is 2.13 bits per heavy atom. The highest BCUT2D eigenvalue weighted by atomic mass is 32.2. The van der Waals surface area contributed by atoms with Crippen LogP contribution in [0, 0.1) is 12.8 Å². The Balaban J connectivity index is 2.00. The number of esters is 1. The van der Waals surface area contributed by atoms with Gasteiger partial charge in [-0.15, -0.1) is 0 Å². The highest BCUT2D eigenvalue weighted by Gasteiger charge is 2.51. The number of carboxylic acids is 1. The fourth-order valence-corrected chi connectivity index (χ4v) is 5.53. The summed E-state index contributed by atoms with van der Waals surface area (Å²) in [7, 11) is 0. The van der Waals surface area contributed by atoms with Crippen LogP contribution < -0.4 is 9.61 Å². The summed E-state index contributed by atoms with van der Waals surface area (Å²) in [6.07, 6.45) is 0. The first-order valence-corrected chi connectivity index (χ1v) is 8.60. The second-order valence-corrected chi connectivity index (χ2v) is 7.72. The molecule has 0 unspecified atom stereocenters. The average molecular weight is 349 g/mol. The Morgan fingerprint density at radius 3 is 2.87 bits per heavy atom. The zero-order valence-electron chi connectivity index (χ0n) is 11.9. The molecule has 0 radical (unpaired) electrons. The summed E-state index contributed by atoms with van der Waals surface area (Å²) < 4.78 is 5.36. The predicted octanol–water partition coefficient (Wildman–Crippen LogP) is 1.97. The number of nitrogens with one attached hydrogen (secondary N) is 1. The molecule has 0 saturated carbocycles. The van der Waals surface area contributed by atoms with Crippen molar-refractivity contribution in [1.29, 1.82) is 0 Å². The van der Waals surface area contributed by atoms with Gasteiger partial charge in [0.15, 0.2) is 0 Å². The highest BCUT2D eigenvalue weighted by Crippen LogP contribution is 2.53. The van der Waals surface area contributed by atoms with E-state index in [1.165, 1.54) is 0 Å². The standard InChI is InChI=1S/C15H11NO5S2/c1-5-2-3-7-6(4-5)8-9(14(19)21-7)11(13(17)18)22-12-10(8)23-15(20)16-12/h2-4,8-9,11H,1H3,(H,16,20)(H,17,18)/t8-,9-,11+/m1/s1. The Morgan fingerprint density at radius 1 is 1.35 bits per heavy atom. The van der Waals surface area contributed by atoms with Crippen LogP contribution in [0.15, 0.2) is 28.0 Å². The van der Waals surface area contributed by atoms with Gasteiger partial charge in [0, 0.05) is 16.4 Å². The molecular weight excluding hydrogens is 338 g/mol. The summed E-state index contributed by atoms with van der Waals surface area (Å²) in [4.78, 5) is 39.0. The first-order valence-electron chi connectivity index (χ1n) is 6.90. The number of hydrogen-bond donors (Lipinski definition) is 2. The lowest BCUT2D eigenvalue weighted by atomic mass is 9.79. The van der Waals surface area contributed by atoms with Crippen LogP contribution in [-0.4, -0.2) is 27.3 Å². The summed E-state index contributed by atoms with van der Waals surface area (Å²) in [5, 5.41) is 9.06. The summed E-state index contributed by atoms with van der Waals surface area (Å²) in [6.45, 7) is 1.92. The zero-order valence-corrected chi connectivity index (χ0v) is 13.5. The quantitative estimate of drug-likeness (QED) is 0.604. The minimum absolute atomic E-state index is 0.250. The summed E-state index contributed by atoms with van der Waals surface area (Å²) in [5.74, 6) is -2.52. The van der Waals surface area contributed by atoms with Crippen LogP contribution in [0.1, 0.15) is 21.9 Å². The molecule has 0 bridgehead atoms. The smallest absolute Gasteiger partial charge is 0.317 e. The Bertz CT molecular complexity index is 900. The number of carbonyl (C=O) groups excluding carboxylic acids is 1. The predicted molar refractivity (Wildman–Crippen MR) is 84.4 cm³/mol. The fourth-order valence-electron chi connectivity index (χ4n) is 3.14. The maximum absolute atomic E-state index is 12.4. The molecule has 8 heteroatoms. The minimum atomic E-state index is -1.09. The van der Waals surface area contributed by atoms with E-state index in [2.05, 4.69) is 4.98 Å². The van der Waals surface area contributed by atoms with E-state index in [4.69, 9.17) is 4.74 Å². The SMILES string of the molecule is Cc1ccc2c(c1)[C@H]1c3sc(=O)[nH]c3S[C@H](C(=O)O)[C@@H]1C(=O)O2. The van der Waals surface area contributed by atoms with Crippen LogP contribution in [0.4, 0.5) is 0 Å². The lowest BCUT2D eigenvalue weighted by Gasteiger charge is -2.37. The van der Waals surface area contributed by atoms with Crippen LogP contribution >= 0.6 is 23.1 Å². The maximum Gasteiger partial charge on any atom is 0.317 e. The lowest BCUT2D eigenvalue weighted by Crippen LogP contribution is -2.44. The van der Waals surface area contributed by atoms with Gasteiger partial charge < -0.3 is 14.8 Å². The molecule has 3 atom stereocenters. The number of carbonyl (C=O) groups is 2. The lowest BCUT2D eigenvalue weighted by molar-refractivity contribution is -0.147. The molecule has 2 aliphatic rings. The molecule has 0 fully saturated rings. The van der Waals surface area contributed by atoms with Crippen molar-refractivity contribution in [3.05, 3.63) is 43.9 Å². The highest BCUT2D eigenvalue weighted by molar-refractivity contribution is 8.00. The van der Waals surface area contributed by atoms with Crippen LogP contribution in [0.5, 0.6) is 5.75 Å². The van der Waals surface area contributed by atoms with Gasteiger partial charge in [0.25, 0.3) is 0 Å².